The quantitative estimate of drug-likeness (QED) is 0.875. The Morgan fingerprint density at radius 1 is 1.26 bits per heavy atom. The lowest BCUT2D eigenvalue weighted by Crippen LogP contribution is -2.45. The van der Waals surface area contributed by atoms with Gasteiger partial charge in [0.1, 0.15) is 11.9 Å². The second kappa shape index (κ2) is 7.29. The number of benzene rings is 1. The molecule has 1 aromatic carbocycles. The van der Waals surface area contributed by atoms with E-state index in [1.54, 1.807) is 24.0 Å². The van der Waals surface area contributed by atoms with E-state index < -0.39 is 12.0 Å². The number of carboxylic acids is 1. The van der Waals surface area contributed by atoms with Gasteiger partial charge in [-0.15, -0.1) is 0 Å². The highest BCUT2D eigenvalue weighted by Gasteiger charge is 2.49. The maximum Gasteiger partial charge on any atom is 0.326 e. The monoisotopic (exact) mass is 376 g/mol. The van der Waals surface area contributed by atoms with E-state index in [0.717, 1.165) is 5.56 Å². The average molecular weight is 376 g/mol. The minimum atomic E-state index is -0.965. The number of carbonyl (C=O) groups is 3. The summed E-state index contributed by atoms with van der Waals surface area (Å²) in [5.74, 6) is -1.47. The van der Waals surface area contributed by atoms with Gasteiger partial charge in [-0.3, -0.25) is 9.59 Å². The fraction of sp³-hybridized carbons (Fsp3) is 0.550. The minimum Gasteiger partial charge on any atom is -0.480 e. The van der Waals surface area contributed by atoms with Crippen LogP contribution in [0.3, 0.4) is 0 Å². The predicted octanol–water partition coefficient (Wildman–Crippen LogP) is 1.99. The SMILES string of the molecule is CC(=O)N1CC2(CCN(C(=O)Cc3ccc(F)c(C)c3)CC2)C[C@H]1C(=O)O. The van der Waals surface area contributed by atoms with Gasteiger partial charge < -0.3 is 14.9 Å². The summed E-state index contributed by atoms with van der Waals surface area (Å²) in [7, 11) is 0. The minimum absolute atomic E-state index is 0.00735. The van der Waals surface area contributed by atoms with Gasteiger partial charge in [-0.05, 0) is 48.8 Å². The molecule has 1 aromatic rings. The van der Waals surface area contributed by atoms with Crippen LogP contribution in [0.4, 0.5) is 4.39 Å². The summed E-state index contributed by atoms with van der Waals surface area (Å²) in [6.45, 7) is 4.62. The Labute approximate surface area is 157 Å². The molecule has 0 radical (unpaired) electrons. The number of likely N-dealkylation sites (tertiary alicyclic amines) is 2. The number of nitrogens with zero attached hydrogens (tertiary/aromatic N) is 2. The third-order valence-corrected chi connectivity index (χ3v) is 5.95. The molecule has 0 aliphatic carbocycles. The Morgan fingerprint density at radius 3 is 2.44 bits per heavy atom. The van der Waals surface area contributed by atoms with Gasteiger partial charge in [0.25, 0.3) is 0 Å². The van der Waals surface area contributed by atoms with Crippen LogP contribution < -0.4 is 0 Å². The number of aliphatic carboxylic acids is 1. The molecule has 27 heavy (non-hydrogen) atoms. The second-order valence-corrected chi connectivity index (χ2v) is 7.85. The third-order valence-electron chi connectivity index (χ3n) is 5.95. The molecule has 0 bridgehead atoms. The molecule has 2 aliphatic rings. The highest BCUT2D eigenvalue weighted by atomic mass is 19.1. The van der Waals surface area contributed by atoms with Crippen LogP contribution in [0.15, 0.2) is 18.2 Å². The fourth-order valence-corrected chi connectivity index (χ4v) is 4.30. The molecule has 2 saturated heterocycles. The van der Waals surface area contributed by atoms with Crippen LogP contribution in [0.1, 0.15) is 37.3 Å². The van der Waals surface area contributed by atoms with Gasteiger partial charge >= 0.3 is 5.97 Å². The summed E-state index contributed by atoms with van der Waals surface area (Å²) in [4.78, 5) is 39.1. The van der Waals surface area contributed by atoms with Crippen LogP contribution in [0.25, 0.3) is 0 Å². The standard InChI is InChI=1S/C20H25FN2O4/c1-13-9-15(3-4-16(13)21)10-18(25)22-7-5-20(6-8-22)11-17(19(26)27)23(12-20)14(2)24/h3-4,9,17H,5-8,10-12H2,1-2H3,(H,26,27)/t17-/m0/s1. The van der Waals surface area contributed by atoms with Gasteiger partial charge in [0.2, 0.25) is 11.8 Å². The topological polar surface area (TPSA) is 77.9 Å². The number of hydrogen-bond donors (Lipinski definition) is 1. The first kappa shape index (κ1) is 19.3. The molecule has 2 heterocycles. The molecule has 2 amide bonds. The van der Waals surface area contributed by atoms with Crippen LogP contribution in [-0.2, 0) is 20.8 Å². The number of carboxylic acid groups (broad SMARTS) is 1. The maximum absolute atomic E-state index is 13.4. The Balaban J connectivity index is 1.61. The fourth-order valence-electron chi connectivity index (χ4n) is 4.30. The zero-order valence-corrected chi connectivity index (χ0v) is 15.7. The van der Waals surface area contributed by atoms with Crippen LogP contribution >= 0.6 is 0 Å². The summed E-state index contributed by atoms with van der Waals surface area (Å²) in [5, 5.41) is 9.41. The maximum atomic E-state index is 13.4. The van der Waals surface area contributed by atoms with Gasteiger partial charge in [0.05, 0.1) is 6.42 Å². The van der Waals surface area contributed by atoms with E-state index in [2.05, 4.69) is 0 Å². The summed E-state index contributed by atoms with van der Waals surface area (Å²) in [5.41, 5.74) is 1.08. The van der Waals surface area contributed by atoms with Crippen molar-refractivity contribution in [1.29, 1.82) is 0 Å². The molecular formula is C20H25FN2O4. The lowest BCUT2D eigenvalue weighted by atomic mass is 9.76. The first-order valence-corrected chi connectivity index (χ1v) is 9.24. The molecule has 146 valence electrons. The first-order valence-electron chi connectivity index (χ1n) is 9.24. The van der Waals surface area contributed by atoms with Crippen LogP contribution in [0.5, 0.6) is 0 Å². The molecular weight excluding hydrogens is 351 g/mol. The number of amides is 2. The molecule has 1 atom stereocenters. The number of rotatable bonds is 3. The zero-order valence-electron chi connectivity index (χ0n) is 15.7. The van der Waals surface area contributed by atoms with E-state index in [1.807, 2.05) is 0 Å². The molecule has 2 aliphatic heterocycles. The Hall–Kier alpha value is -2.44. The molecule has 1 spiro atoms. The predicted molar refractivity (Wildman–Crippen MR) is 96.5 cm³/mol. The molecule has 0 unspecified atom stereocenters. The van der Waals surface area contributed by atoms with Gasteiger partial charge in [0, 0.05) is 26.6 Å². The van der Waals surface area contributed by atoms with Crippen molar-refractivity contribution in [2.24, 2.45) is 5.41 Å². The van der Waals surface area contributed by atoms with Crippen molar-refractivity contribution in [3.05, 3.63) is 35.1 Å². The zero-order chi connectivity index (χ0) is 19.8. The number of halogens is 1. The summed E-state index contributed by atoms with van der Waals surface area (Å²) < 4.78 is 13.4. The number of carbonyl (C=O) groups excluding carboxylic acids is 2. The normalized spacial score (nSPS) is 21.5. The van der Waals surface area contributed by atoms with E-state index in [4.69, 9.17) is 0 Å². The highest BCUT2D eigenvalue weighted by molar-refractivity contribution is 5.83. The summed E-state index contributed by atoms with van der Waals surface area (Å²) in [6, 6.07) is 3.93. The lowest BCUT2D eigenvalue weighted by Gasteiger charge is -2.39. The van der Waals surface area contributed by atoms with Crippen molar-refractivity contribution in [3.8, 4) is 0 Å². The first-order chi connectivity index (χ1) is 12.7. The van der Waals surface area contributed by atoms with Gasteiger partial charge in [-0.2, -0.15) is 0 Å². The van der Waals surface area contributed by atoms with Crippen molar-refractivity contribution in [2.75, 3.05) is 19.6 Å². The smallest absolute Gasteiger partial charge is 0.326 e. The van der Waals surface area contributed by atoms with E-state index in [1.165, 1.54) is 17.9 Å². The van der Waals surface area contributed by atoms with Crippen molar-refractivity contribution < 1.29 is 23.9 Å². The number of hydrogen-bond acceptors (Lipinski definition) is 3. The lowest BCUT2D eigenvalue weighted by molar-refractivity contribution is -0.147. The van der Waals surface area contributed by atoms with Gasteiger partial charge in [-0.1, -0.05) is 12.1 Å². The number of aryl methyl sites for hydroxylation is 1. The molecule has 1 N–H and O–H groups in total. The van der Waals surface area contributed by atoms with Crippen molar-refractivity contribution in [3.63, 3.8) is 0 Å². The van der Waals surface area contributed by atoms with Crippen molar-refractivity contribution >= 4 is 17.8 Å². The second-order valence-electron chi connectivity index (χ2n) is 7.85. The van der Waals surface area contributed by atoms with E-state index in [0.29, 0.717) is 44.5 Å². The average Bonchev–Trinajstić information content (AvgIpc) is 2.99. The van der Waals surface area contributed by atoms with E-state index >= 15 is 0 Å². The molecule has 3 rings (SSSR count). The van der Waals surface area contributed by atoms with Crippen molar-refractivity contribution in [2.45, 2.75) is 45.6 Å². The molecule has 2 fully saturated rings. The largest absolute Gasteiger partial charge is 0.480 e. The molecule has 7 heteroatoms. The molecule has 6 nitrogen and oxygen atoms in total. The summed E-state index contributed by atoms with van der Waals surface area (Å²) >= 11 is 0. The van der Waals surface area contributed by atoms with E-state index in [-0.39, 0.29) is 29.5 Å². The van der Waals surface area contributed by atoms with Crippen molar-refractivity contribution in [1.82, 2.24) is 9.80 Å². The number of piperidine rings is 1. The van der Waals surface area contributed by atoms with Crippen LogP contribution in [-0.4, -0.2) is 58.4 Å². The molecule has 0 saturated carbocycles. The highest BCUT2D eigenvalue weighted by Crippen LogP contribution is 2.43. The summed E-state index contributed by atoms with van der Waals surface area (Å²) in [6.07, 6.45) is 2.05. The molecule has 0 aromatic heterocycles. The van der Waals surface area contributed by atoms with E-state index in [9.17, 15) is 23.9 Å². The third kappa shape index (κ3) is 3.96. The Bertz CT molecular complexity index is 747. The van der Waals surface area contributed by atoms with Crippen LogP contribution in [0, 0.1) is 18.2 Å². The Morgan fingerprint density at radius 2 is 1.93 bits per heavy atom. The van der Waals surface area contributed by atoms with Gasteiger partial charge in [-0.25, -0.2) is 9.18 Å². The van der Waals surface area contributed by atoms with Crippen LogP contribution in [0.2, 0.25) is 0 Å². The Kier molecular flexibility index (Phi) is 5.22. The van der Waals surface area contributed by atoms with Gasteiger partial charge in [0.15, 0.2) is 0 Å².